The molecule has 1 aliphatic rings. The van der Waals surface area contributed by atoms with E-state index in [1.165, 1.54) is 0 Å². The molecule has 0 atom stereocenters. The standard InChI is InChI=1S/C9H7Br3O2/c10-5-3-6(11)8(7(12)4-5)9-13-1-2-14-9/h3-4,9H,1-2H2. The van der Waals surface area contributed by atoms with Gasteiger partial charge in [-0.15, -0.1) is 0 Å². The molecule has 0 spiro atoms. The molecule has 1 saturated heterocycles. The van der Waals surface area contributed by atoms with Crippen LogP contribution in [0.25, 0.3) is 0 Å². The average Bonchev–Trinajstić information content (AvgIpc) is 2.54. The van der Waals surface area contributed by atoms with Gasteiger partial charge in [-0.1, -0.05) is 47.8 Å². The second-order valence-electron chi connectivity index (χ2n) is 2.86. The van der Waals surface area contributed by atoms with Crippen LogP contribution < -0.4 is 0 Å². The average molecular weight is 387 g/mol. The van der Waals surface area contributed by atoms with Gasteiger partial charge in [-0.2, -0.15) is 0 Å². The molecule has 0 N–H and O–H groups in total. The van der Waals surface area contributed by atoms with Crippen LogP contribution in [0.5, 0.6) is 0 Å². The van der Waals surface area contributed by atoms with Crippen LogP contribution in [-0.4, -0.2) is 13.2 Å². The molecule has 1 aromatic carbocycles. The molecule has 1 fully saturated rings. The van der Waals surface area contributed by atoms with Gasteiger partial charge in [-0.3, -0.25) is 0 Å². The Morgan fingerprint density at radius 1 is 1.00 bits per heavy atom. The molecule has 2 nitrogen and oxygen atoms in total. The van der Waals surface area contributed by atoms with Gasteiger partial charge in [-0.25, -0.2) is 0 Å². The van der Waals surface area contributed by atoms with E-state index in [2.05, 4.69) is 47.8 Å². The summed E-state index contributed by atoms with van der Waals surface area (Å²) in [4.78, 5) is 0. The van der Waals surface area contributed by atoms with E-state index < -0.39 is 0 Å². The van der Waals surface area contributed by atoms with Crippen molar-refractivity contribution in [3.05, 3.63) is 31.1 Å². The second-order valence-corrected chi connectivity index (χ2v) is 5.48. The Morgan fingerprint density at radius 3 is 2.00 bits per heavy atom. The van der Waals surface area contributed by atoms with Gasteiger partial charge in [0, 0.05) is 19.0 Å². The highest BCUT2D eigenvalue weighted by Gasteiger charge is 2.23. The molecule has 5 heteroatoms. The van der Waals surface area contributed by atoms with Crippen molar-refractivity contribution in [1.82, 2.24) is 0 Å². The van der Waals surface area contributed by atoms with Crippen LogP contribution in [-0.2, 0) is 9.47 Å². The first-order valence-corrected chi connectivity index (χ1v) is 6.44. The molecule has 1 heterocycles. The maximum absolute atomic E-state index is 5.44. The van der Waals surface area contributed by atoms with Crippen molar-refractivity contribution in [2.24, 2.45) is 0 Å². The summed E-state index contributed by atoms with van der Waals surface area (Å²) < 4.78 is 13.9. The van der Waals surface area contributed by atoms with Gasteiger partial charge >= 0.3 is 0 Å². The third kappa shape index (κ3) is 2.22. The lowest BCUT2D eigenvalue weighted by atomic mass is 10.2. The minimum absolute atomic E-state index is 0.258. The van der Waals surface area contributed by atoms with Crippen LogP contribution in [0.3, 0.4) is 0 Å². The van der Waals surface area contributed by atoms with Gasteiger partial charge in [0.15, 0.2) is 6.29 Å². The zero-order chi connectivity index (χ0) is 10.1. The smallest absolute Gasteiger partial charge is 0.186 e. The first-order valence-electron chi connectivity index (χ1n) is 4.06. The molecular formula is C9H7Br3O2. The molecule has 0 radical (unpaired) electrons. The Labute approximate surface area is 107 Å². The first-order chi connectivity index (χ1) is 6.68. The number of hydrogen-bond acceptors (Lipinski definition) is 2. The highest BCUT2D eigenvalue weighted by atomic mass is 79.9. The number of rotatable bonds is 1. The largest absolute Gasteiger partial charge is 0.346 e. The summed E-state index contributed by atoms with van der Waals surface area (Å²) in [6.07, 6.45) is -0.258. The lowest BCUT2D eigenvalue weighted by molar-refractivity contribution is -0.0451. The van der Waals surface area contributed by atoms with Gasteiger partial charge in [0.2, 0.25) is 0 Å². The normalized spacial score (nSPS) is 17.6. The minimum Gasteiger partial charge on any atom is -0.346 e. The summed E-state index contributed by atoms with van der Waals surface area (Å²) in [5.74, 6) is 0. The van der Waals surface area contributed by atoms with E-state index in [9.17, 15) is 0 Å². The maximum Gasteiger partial charge on any atom is 0.186 e. The van der Waals surface area contributed by atoms with E-state index in [0.29, 0.717) is 13.2 Å². The Hall–Kier alpha value is 0.580. The van der Waals surface area contributed by atoms with Crippen LogP contribution in [0.2, 0.25) is 0 Å². The minimum atomic E-state index is -0.258. The van der Waals surface area contributed by atoms with E-state index in [1.54, 1.807) is 0 Å². The van der Waals surface area contributed by atoms with Crippen molar-refractivity contribution >= 4 is 47.8 Å². The number of halogens is 3. The van der Waals surface area contributed by atoms with Gasteiger partial charge in [-0.05, 0) is 12.1 Å². The molecule has 1 aliphatic heterocycles. The fourth-order valence-electron chi connectivity index (χ4n) is 1.30. The Balaban J connectivity index is 2.40. The summed E-state index contributed by atoms with van der Waals surface area (Å²) in [7, 11) is 0. The van der Waals surface area contributed by atoms with Crippen LogP contribution in [0.15, 0.2) is 25.6 Å². The summed E-state index contributed by atoms with van der Waals surface area (Å²) >= 11 is 10.4. The zero-order valence-corrected chi connectivity index (χ0v) is 11.9. The van der Waals surface area contributed by atoms with Gasteiger partial charge in [0.1, 0.15) is 0 Å². The SMILES string of the molecule is Brc1cc(Br)c(C2OCCO2)c(Br)c1. The van der Waals surface area contributed by atoms with E-state index in [0.717, 1.165) is 19.0 Å². The van der Waals surface area contributed by atoms with Crippen molar-refractivity contribution in [2.45, 2.75) is 6.29 Å². The summed E-state index contributed by atoms with van der Waals surface area (Å²) in [5.41, 5.74) is 1.01. The molecule has 14 heavy (non-hydrogen) atoms. The summed E-state index contributed by atoms with van der Waals surface area (Å²) in [5, 5.41) is 0. The van der Waals surface area contributed by atoms with Crippen molar-refractivity contribution in [3.8, 4) is 0 Å². The maximum atomic E-state index is 5.44. The van der Waals surface area contributed by atoms with E-state index in [-0.39, 0.29) is 6.29 Å². The van der Waals surface area contributed by atoms with E-state index in [4.69, 9.17) is 9.47 Å². The topological polar surface area (TPSA) is 18.5 Å². The number of benzene rings is 1. The Kier molecular flexibility index (Phi) is 3.65. The van der Waals surface area contributed by atoms with Crippen molar-refractivity contribution in [1.29, 1.82) is 0 Å². The van der Waals surface area contributed by atoms with Gasteiger partial charge < -0.3 is 9.47 Å². The molecule has 0 bridgehead atoms. The second kappa shape index (κ2) is 4.61. The van der Waals surface area contributed by atoms with Gasteiger partial charge in [0.05, 0.1) is 13.2 Å². The lowest BCUT2D eigenvalue weighted by Crippen LogP contribution is -2.00. The molecule has 1 aromatic rings. The fourth-order valence-corrected chi connectivity index (χ4v) is 3.94. The predicted molar refractivity (Wildman–Crippen MR) is 64.2 cm³/mol. The molecule has 0 amide bonds. The molecule has 0 unspecified atom stereocenters. The predicted octanol–water partition coefficient (Wildman–Crippen LogP) is 4.02. The van der Waals surface area contributed by atoms with Crippen molar-refractivity contribution in [3.63, 3.8) is 0 Å². The molecule has 0 saturated carbocycles. The van der Waals surface area contributed by atoms with Crippen molar-refractivity contribution in [2.75, 3.05) is 13.2 Å². The van der Waals surface area contributed by atoms with Crippen LogP contribution in [0.1, 0.15) is 11.9 Å². The van der Waals surface area contributed by atoms with Crippen molar-refractivity contribution < 1.29 is 9.47 Å². The Morgan fingerprint density at radius 2 is 1.50 bits per heavy atom. The monoisotopic (exact) mass is 384 g/mol. The molecule has 0 aromatic heterocycles. The lowest BCUT2D eigenvalue weighted by Gasteiger charge is -2.13. The fraction of sp³-hybridized carbons (Fsp3) is 0.333. The number of ether oxygens (including phenoxy) is 2. The van der Waals surface area contributed by atoms with E-state index >= 15 is 0 Å². The summed E-state index contributed by atoms with van der Waals surface area (Å²) in [6, 6.07) is 3.95. The van der Waals surface area contributed by atoms with E-state index in [1.807, 2.05) is 12.1 Å². The zero-order valence-electron chi connectivity index (χ0n) is 7.10. The molecular weight excluding hydrogens is 380 g/mol. The summed E-state index contributed by atoms with van der Waals surface area (Å²) in [6.45, 7) is 1.30. The van der Waals surface area contributed by atoms with Gasteiger partial charge in [0.25, 0.3) is 0 Å². The highest BCUT2D eigenvalue weighted by Crippen LogP contribution is 2.37. The molecule has 0 aliphatic carbocycles. The van der Waals surface area contributed by atoms with Crippen LogP contribution in [0.4, 0.5) is 0 Å². The third-order valence-corrected chi connectivity index (χ3v) is 3.67. The van der Waals surface area contributed by atoms with Crippen LogP contribution >= 0.6 is 47.8 Å². The third-order valence-electron chi connectivity index (χ3n) is 1.90. The quantitative estimate of drug-likeness (QED) is 0.725. The number of hydrogen-bond donors (Lipinski definition) is 0. The van der Waals surface area contributed by atoms with Crippen LogP contribution in [0, 0.1) is 0 Å². The highest BCUT2D eigenvalue weighted by molar-refractivity contribution is 9.11. The molecule has 2 rings (SSSR count). The molecule has 76 valence electrons. The Bertz CT molecular complexity index is 325. The first kappa shape index (κ1) is 11.1.